The summed E-state index contributed by atoms with van der Waals surface area (Å²) in [7, 11) is 0. The Balaban J connectivity index is 1.64. The standard InChI is InChI=1S/C17H19ClFN5O/c1-2-20-14-6-7-15(22-21-14)23-8-10-24(11-9-23)17(25)16-12(18)4-3-5-13(16)19/h3-7H,2,8-11H2,1H3,(H,20,21). The highest BCUT2D eigenvalue weighted by molar-refractivity contribution is 6.33. The lowest BCUT2D eigenvalue weighted by Crippen LogP contribution is -2.49. The van der Waals surface area contributed by atoms with E-state index in [1.165, 1.54) is 18.2 Å². The first-order valence-corrected chi connectivity index (χ1v) is 8.53. The van der Waals surface area contributed by atoms with Crippen molar-refractivity contribution < 1.29 is 9.18 Å². The molecular weight excluding hydrogens is 345 g/mol. The molecule has 132 valence electrons. The Kier molecular flexibility index (Phi) is 5.33. The molecule has 8 heteroatoms. The third-order valence-corrected chi connectivity index (χ3v) is 4.39. The third kappa shape index (κ3) is 3.82. The summed E-state index contributed by atoms with van der Waals surface area (Å²) in [6, 6.07) is 8.03. The number of aromatic nitrogens is 2. The van der Waals surface area contributed by atoms with Crippen molar-refractivity contribution >= 4 is 29.1 Å². The van der Waals surface area contributed by atoms with Crippen LogP contribution in [0.3, 0.4) is 0 Å². The van der Waals surface area contributed by atoms with E-state index in [4.69, 9.17) is 11.6 Å². The molecule has 1 aliphatic rings. The van der Waals surface area contributed by atoms with Crippen LogP contribution in [-0.2, 0) is 0 Å². The van der Waals surface area contributed by atoms with Gasteiger partial charge in [-0.1, -0.05) is 17.7 Å². The van der Waals surface area contributed by atoms with Crippen LogP contribution >= 0.6 is 11.6 Å². The maximum absolute atomic E-state index is 13.9. The van der Waals surface area contributed by atoms with Gasteiger partial charge in [-0.25, -0.2) is 4.39 Å². The largest absolute Gasteiger partial charge is 0.369 e. The van der Waals surface area contributed by atoms with Gasteiger partial charge in [-0.05, 0) is 31.2 Å². The van der Waals surface area contributed by atoms with Crippen LogP contribution in [0, 0.1) is 5.82 Å². The highest BCUT2D eigenvalue weighted by Gasteiger charge is 2.26. The molecule has 0 radical (unpaired) electrons. The van der Waals surface area contributed by atoms with Crippen LogP contribution in [0.1, 0.15) is 17.3 Å². The van der Waals surface area contributed by atoms with Crippen LogP contribution in [0.25, 0.3) is 0 Å². The molecular formula is C17H19ClFN5O. The molecule has 1 fully saturated rings. The normalized spacial score (nSPS) is 14.5. The van der Waals surface area contributed by atoms with Crippen molar-refractivity contribution in [1.82, 2.24) is 15.1 Å². The minimum Gasteiger partial charge on any atom is -0.369 e. The highest BCUT2D eigenvalue weighted by Crippen LogP contribution is 2.22. The zero-order valence-corrected chi connectivity index (χ0v) is 14.6. The molecule has 0 spiro atoms. The molecule has 1 aliphatic heterocycles. The molecule has 0 aliphatic carbocycles. The fourth-order valence-electron chi connectivity index (χ4n) is 2.77. The monoisotopic (exact) mass is 363 g/mol. The number of nitrogens with one attached hydrogen (secondary N) is 1. The van der Waals surface area contributed by atoms with Gasteiger partial charge in [0.2, 0.25) is 0 Å². The lowest BCUT2D eigenvalue weighted by Gasteiger charge is -2.35. The number of carbonyl (C=O) groups excluding carboxylic acids is 1. The average Bonchev–Trinajstić information content (AvgIpc) is 2.62. The van der Waals surface area contributed by atoms with E-state index in [0.717, 1.165) is 18.2 Å². The number of halogens is 2. The number of amides is 1. The van der Waals surface area contributed by atoms with E-state index in [1.807, 2.05) is 19.1 Å². The van der Waals surface area contributed by atoms with Gasteiger partial charge in [-0.3, -0.25) is 4.79 Å². The molecule has 3 rings (SSSR count). The van der Waals surface area contributed by atoms with E-state index in [9.17, 15) is 9.18 Å². The fraction of sp³-hybridized carbons (Fsp3) is 0.353. The van der Waals surface area contributed by atoms with Gasteiger partial charge in [0.15, 0.2) is 5.82 Å². The van der Waals surface area contributed by atoms with E-state index in [0.29, 0.717) is 26.2 Å². The van der Waals surface area contributed by atoms with Crippen LogP contribution < -0.4 is 10.2 Å². The number of nitrogens with zero attached hydrogens (tertiary/aromatic N) is 4. The minimum absolute atomic E-state index is 0.0626. The van der Waals surface area contributed by atoms with Crippen molar-refractivity contribution in [2.24, 2.45) is 0 Å². The highest BCUT2D eigenvalue weighted by atomic mass is 35.5. The van der Waals surface area contributed by atoms with E-state index < -0.39 is 5.82 Å². The van der Waals surface area contributed by atoms with Gasteiger partial charge < -0.3 is 15.1 Å². The molecule has 0 bridgehead atoms. The molecule has 1 N–H and O–H groups in total. The summed E-state index contributed by atoms with van der Waals surface area (Å²) < 4.78 is 13.9. The number of carbonyl (C=O) groups is 1. The Bertz CT molecular complexity index is 727. The van der Waals surface area contributed by atoms with Gasteiger partial charge >= 0.3 is 0 Å². The SMILES string of the molecule is CCNc1ccc(N2CCN(C(=O)c3c(F)cccc3Cl)CC2)nn1. The quantitative estimate of drug-likeness (QED) is 0.904. The van der Waals surface area contributed by atoms with Crippen molar-refractivity contribution in [1.29, 1.82) is 0 Å². The molecule has 1 aromatic heterocycles. The lowest BCUT2D eigenvalue weighted by molar-refractivity contribution is 0.0742. The summed E-state index contributed by atoms with van der Waals surface area (Å²) in [6.07, 6.45) is 0. The van der Waals surface area contributed by atoms with Crippen molar-refractivity contribution in [3.63, 3.8) is 0 Å². The topological polar surface area (TPSA) is 61.4 Å². The van der Waals surface area contributed by atoms with Gasteiger partial charge in [0.05, 0.1) is 10.6 Å². The van der Waals surface area contributed by atoms with Gasteiger partial charge in [0.1, 0.15) is 11.6 Å². The smallest absolute Gasteiger partial charge is 0.258 e. The van der Waals surface area contributed by atoms with Crippen LogP contribution in [-0.4, -0.2) is 53.7 Å². The Hall–Kier alpha value is -2.41. The number of anilines is 2. The van der Waals surface area contributed by atoms with E-state index in [2.05, 4.69) is 20.4 Å². The number of hydrogen-bond acceptors (Lipinski definition) is 5. The lowest BCUT2D eigenvalue weighted by atomic mass is 10.1. The Morgan fingerprint density at radius 1 is 1.20 bits per heavy atom. The first-order chi connectivity index (χ1) is 12.1. The molecule has 6 nitrogen and oxygen atoms in total. The predicted octanol–water partition coefficient (Wildman–Crippen LogP) is 2.66. The number of piperazine rings is 1. The first kappa shape index (κ1) is 17.4. The van der Waals surface area contributed by atoms with E-state index in [-0.39, 0.29) is 16.5 Å². The van der Waals surface area contributed by atoms with Gasteiger partial charge in [-0.2, -0.15) is 0 Å². The van der Waals surface area contributed by atoms with Crippen LogP contribution in [0.15, 0.2) is 30.3 Å². The van der Waals surface area contributed by atoms with E-state index in [1.54, 1.807) is 4.90 Å². The second-order valence-electron chi connectivity index (χ2n) is 5.68. The first-order valence-electron chi connectivity index (χ1n) is 8.16. The Morgan fingerprint density at radius 2 is 1.96 bits per heavy atom. The summed E-state index contributed by atoms with van der Waals surface area (Å²) in [5.41, 5.74) is -0.0626. The fourth-order valence-corrected chi connectivity index (χ4v) is 3.01. The molecule has 1 aromatic carbocycles. The molecule has 1 saturated heterocycles. The van der Waals surface area contributed by atoms with Gasteiger partial charge in [-0.15, -0.1) is 10.2 Å². The van der Waals surface area contributed by atoms with Crippen molar-refractivity contribution in [2.45, 2.75) is 6.92 Å². The zero-order valence-electron chi connectivity index (χ0n) is 13.9. The van der Waals surface area contributed by atoms with Crippen molar-refractivity contribution in [3.05, 3.63) is 46.7 Å². The third-order valence-electron chi connectivity index (χ3n) is 4.08. The maximum Gasteiger partial charge on any atom is 0.258 e. The molecule has 2 aromatic rings. The summed E-state index contributed by atoms with van der Waals surface area (Å²) >= 11 is 5.99. The van der Waals surface area contributed by atoms with Gasteiger partial charge in [0, 0.05) is 32.7 Å². The summed E-state index contributed by atoms with van der Waals surface area (Å²) in [5.74, 6) is 0.521. The van der Waals surface area contributed by atoms with Crippen LogP contribution in [0.5, 0.6) is 0 Å². The molecule has 0 atom stereocenters. The number of hydrogen-bond donors (Lipinski definition) is 1. The average molecular weight is 364 g/mol. The summed E-state index contributed by atoms with van der Waals surface area (Å²) in [5, 5.41) is 11.6. The molecule has 0 unspecified atom stereocenters. The molecule has 0 saturated carbocycles. The number of benzene rings is 1. The Morgan fingerprint density at radius 3 is 2.56 bits per heavy atom. The Labute approximate surface area is 150 Å². The van der Waals surface area contributed by atoms with Gasteiger partial charge in [0.25, 0.3) is 5.91 Å². The molecule has 25 heavy (non-hydrogen) atoms. The van der Waals surface area contributed by atoms with Crippen LogP contribution in [0.4, 0.5) is 16.0 Å². The second kappa shape index (κ2) is 7.65. The number of rotatable bonds is 4. The molecule has 1 amide bonds. The maximum atomic E-state index is 13.9. The minimum atomic E-state index is -0.593. The second-order valence-corrected chi connectivity index (χ2v) is 6.09. The van der Waals surface area contributed by atoms with Crippen LogP contribution in [0.2, 0.25) is 5.02 Å². The predicted molar refractivity (Wildman–Crippen MR) is 95.7 cm³/mol. The summed E-state index contributed by atoms with van der Waals surface area (Å²) in [6.45, 7) is 4.93. The van der Waals surface area contributed by atoms with E-state index >= 15 is 0 Å². The molecule has 2 heterocycles. The summed E-state index contributed by atoms with van der Waals surface area (Å²) in [4.78, 5) is 16.2. The zero-order chi connectivity index (χ0) is 17.8. The van der Waals surface area contributed by atoms with Crippen molar-refractivity contribution in [3.8, 4) is 0 Å². The van der Waals surface area contributed by atoms with Crippen molar-refractivity contribution in [2.75, 3.05) is 42.9 Å².